The summed E-state index contributed by atoms with van der Waals surface area (Å²) in [7, 11) is -1.66. The lowest BCUT2D eigenvalue weighted by Gasteiger charge is -2.12. The van der Waals surface area contributed by atoms with Gasteiger partial charge in [0, 0.05) is 12.6 Å². The Morgan fingerprint density at radius 3 is 2.35 bits per heavy atom. The first-order valence-electron chi connectivity index (χ1n) is 6.39. The zero-order valence-electron chi connectivity index (χ0n) is 12.0. The molecule has 1 unspecified atom stereocenters. The molecule has 0 aromatic heterocycles. The number of halogens is 1. The molecule has 5 nitrogen and oxygen atoms in total. The molecule has 0 spiro atoms. The van der Waals surface area contributed by atoms with Crippen LogP contribution in [0.2, 0.25) is 0 Å². The molecule has 0 heterocycles. The number of nitrogens with one attached hydrogen (secondary N) is 2. The molecule has 1 rings (SSSR count). The van der Waals surface area contributed by atoms with Gasteiger partial charge in [-0.15, -0.1) is 12.4 Å². The van der Waals surface area contributed by atoms with E-state index < -0.39 is 10.0 Å². The third kappa shape index (κ3) is 6.09. The first-order chi connectivity index (χ1) is 8.99. The molecule has 0 amide bonds. The third-order valence-corrected chi connectivity index (χ3v) is 4.12. The summed E-state index contributed by atoms with van der Waals surface area (Å²) in [6.07, 6.45) is 0.920. The fraction of sp³-hybridized carbons (Fsp3) is 0.538. The van der Waals surface area contributed by atoms with E-state index in [0.29, 0.717) is 18.9 Å². The molecule has 116 valence electrons. The smallest absolute Gasteiger partial charge is 0.240 e. The van der Waals surface area contributed by atoms with Gasteiger partial charge < -0.3 is 10.1 Å². The minimum absolute atomic E-state index is 0. The highest BCUT2D eigenvalue weighted by molar-refractivity contribution is 7.89. The van der Waals surface area contributed by atoms with Crippen LogP contribution < -0.4 is 14.8 Å². The molecule has 0 saturated carbocycles. The Bertz CT molecular complexity index is 477. The molecular formula is C13H23ClN2O3S. The number of rotatable bonds is 8. The predicted octanol–water partition coefficient (Wildman–Crippen LogP) is 1.78. The minimum atomic E-state index is -3.45. The highest BCUT2D eigenvalue weighted by Crippen LogP contribution is 2.15. The van der Waals surface area contributed by atoms with Crippen molar-refractivity contribution in [3.05, 3.63) is 24.3 Å². The minimum Gasteiger partial charge on any atom is -0.494 e. The molecule has 0 fully saturated rings. The van der Waals surface area contributed by atoms with Crippen LogP contribution in [0.15, 0.2) is 29.2 Å². The van der Waals surface area contributed by atoms with E-state index in [0.717, 1.165) is 6.42 Å². The molecule has 7 heteroatoms. The fourth-order valence-corrected chi connectivity index (χ4v) is 2.49. The molecule has 20 heavy (non-hydrogen) atoms. The van der Waals surface area contributed by atoms with Crippen LogP contribution >= 0.6 is 12.4 Å². The second-order valence-corrected chi connectivity index (χ2v) is 6.13. The molecule has 0 radical (unpaired) electrons. The summed E-state index contributed by atoms with van der Waals surface area (Å²) < 4.78 is 32.0. The van der Waals surface area contributed by atoms with Crippen LogP contribution in [0.25, 0.3) is 0 Å². The van der Waals surface area contributed by atoms with Crippen LogP contribution in [0.5, 0.6) is 5.75 Å². The van der Waals surface area contributed by atoms with Gasteiger partial charge in [-0.05, 0) is 44.7 Å². The second kappa shape index (κ2) is 9.18. The predicted molar refractivity (Wildman–Crippen MR) is 83.2 cm³/mol. The maximum Gasteiger partial charge on any atom is 0.240 e. The van der Waals surface area contributed by atoms with Crippen molar-refractivity contribution in [2.45, 2.75) is 31.2 Å². The van der Waals surface area contributed by atoms with Gasteiger partial charge in [-0.25, -0.2) is 13.1 Å². The van der Waals surface area contributed by atoms with E-state index in [1.165, 1.54) is 0 Å². The van der Waals surface area contributed by atoms with Crippen molar-refractivity contribution < 1.29 is 13.2 Å². The summed E-state index contributed by atoms with van der Waals surface area (Å²) in [5, 5.41) is 2.97. The Morgan fingerprint density at radius 1 is 1.25 bits per heavy atom. The van der Waals surface area contributed by atoms with Crippen LogP contribution in [-0.2, 0) is 10.0 Å². The summed E-state index contributed by atoms with van der Waals surface area (Å²) in [4.78, 5) is 0.250. The van der Waals surface area contributed by atoms with E-state index in [4.69, 9.17) is 4.74 Å². The number of hydrogen-bond acceptors (Lipinski definition) is 4. The quantitative estimate of drug-likeness (QED) is 0.765. The van der Waals surface area contributed by atoms with E-state index in [-0.39, 0.29) is 23.3 Å². The van der Waals surface area contributed by atoms with Gasteiger partial charge in [0.25, 0.3) is 0 Å². The van der Waals surface area contributed by atoms with Crippen molar-refractivity contribution in [1.82, 2.24) is 10.0 Å². The van der Waals surface area contributed by atoms with Crippen molar-refractivity contribution in [3.8, 4) is 5.75 Å². The zero-order chi connectivity index (χ0) is 14.3. The highest BCUT2D eigenvalue weighted by Gasteiger charge is 2.14. The number of ether oxygens (including phenoxy) is 1. The van der Waals surface area contributed by atoms with Crippen molar-refractivity contribution in [1.29, 1.82) is 0 Å². The van der Waals surface area contributed by atoms with Gasteiger partial charge in [0.1, 0.15) is 5.75 Å². The van der Waals surface area contributed by atoms with Gasteiger partial charge in [0.05, 0.1) is 11.5 Å². The van der Waals surface area contributed by atoms with Gasteiger partial charge in [-0.1, -0.05) is 6.92 Å². The molecular weight excluding hydrogens is 300 g/mol. The summed E-state index contributed by atoms with van der Waals surface area (Å²) in [6, 6.07) is 6.54. The van der Waals surface area contributed by atoms with Crippen molar-refractivity contribution in [2.75, 3.05) is 20.2 Å². The van der Waals surface area contributed by atoms with Gasteiger partial charge >= 0.3 is 0 Å². The third-order valence-electron chi connectivity index (χ3n) is 2.68. The molecule has 0 bridgehead atoms. The van der Waals surface area contributed by atoms with Crippen molar-refractivity contribution in [3.63, 3.8) is 0 Å². The largest absolute Gasteiger partial charge is 0.494 e. The molecule has 1 atom stereocenters. The fourth-order valence-electron chi connectivity index (χ4n) is 1.36. The maximum absolute atomic E-state index is 12.0. The Morgan fingerprint density at radius 2 is 1.85 bits per heavy atom. The van der Waals surface area contributed by atoms with Crippen LogP contribution in [0.1, 0.15) is 20.3 Å². The topological polar surface area (TPSA) is 67.4 Å². The zero-order valence-corrected chi connectivity index (χ0v) is 13.7. The Hall–Kier alpha value is -0.820. The second-order valence-electron chi connectivity index (χ2n) is 4.36. The standard InChI is InChI=1S/C13H22N2O3S.ClH/c1-4-9-18-12-5-7-13(8-6-12)19(16,17)15-10-11(2)14-3;/h5-8,11,14-15H,4,9-10H2,1-3H3;1H. The monoisotopic (exact) mass is 322 g/mol. The normalized spacial score (nSPS) is 12.6. The summed E-state index contributed by atoms with van der Waals surface area (Å²) in [5.41, 5.74) is 0. The Kier molecular flexibility index (Phi) is 8.80. The SMILES string of the molecule is CCCOc1ccc(S(=O)(=O)NCC(C)NC)cc1.Cl. The average Bonchev–Trinajstić information content (AvgIpc) is 2.43. The van der Waals surface area contributed by atoms with Crippen molar-refractivity contribution in [2.24, 2.45) is 0 Å². The van der Waals surface area contributed by atoms with E-state index >= 15 is 0 Å². The molecule has 0 aliphatic rings. The van der Waals surface area contributed by atoms with Crippen LogP contribution in [0, 0.1) is 0 Å². The van der Waals surface area contributed by atoms with Gasteiger partial charge in [-0.3, -0.25) is 0 Å². The molecule has 2 N–H and O–H groups in total. The van der Waals surface area contributed by atoms with E-state index in [9.17, 15) is 8.42 Å². The maximum atomic E-state index is 12.0. The van der Waals surface area contributed by atoms with Crippen molar-refractivity contribution >= 4 is 22.4 Å². The molecule has 0 aliphatic heterocycles. The van der Waals surface area contributed by atoms with Gasteiger partial charge in [-0.2, -0.15) is 0 Å². The molecule has 1 aromatic rings. The highest BCUT2D eigenvalue weighted by atomic mass is 35.5. The lowest BCUT2D eigenvalue weighted by molar-refractivity contribution is 0.317. The molecule has 1 aromatic carbocycles. The average molecular weight is 323 g/mol. The van der Waals surface area contributed by atoms with Crippen LogP contribution in [0.3, 0.4) is 0 Å². The Labute approximate surface area is 127 Å². The summed E-state index contributed by atoms with van der Waals surface area (Å²) >= 11 is 0. The molecule has 0 aliphatic carbocycles. The Balaban J connectivity index is 0.00000361. The van der Waals surface area contributed by atoms with E-state index in [1.54, 1.807) is 31.3 Å². The lowest BCUT2D eigenvalue weighted by Crippen LogP contribution is -2.37. The first-order valence-corrected chi connectivity index (χ1v) is 7.87. The van der Waals surface area contributed by atoms with Gasteiger partial charge in [0.2, 0.25) is 10.0 Å². The number of hydrogen-bond donors (Lipinski definition) is 2. The summed E-state index contributed by atoms with van der Waals surface area (Å²) in [5.74, 6) is 0.685. The van der Waals surface area contributed by atoms with E-state index in [2.05, 4.69) is 10.0 Å². The lowest BCUT2D eigenvalue weighted by atomic mass is 10.3. The summed E-state index contributed by atoms with van der Waals surface area (Å²) in [6.45, 7) is 4.91. The van der Waals surface area contributed by atoms with Crippen LogP contribution in [-0.4, -0.2) is 34.7 Å². The number of sulfonamides is 1. The first kappa shape index (κ1) is 19.2. The number of benzene rings is 1. The van der Waals surface area contributed by atoms with Gasteiger partial charge in [0.15, 0.2) is 0 Å². The van der Waals surface area contributed by atoms with E-state index in [1.807, 2.05) is 13.8 Å². The number of likely N-dealkylation sites (N-methyl/N-ethyl adjacent to an activating group) is 1. The molecule has 0 saturated heterocycles. The van der Waals surface area contributed by atoms with Crippen LogP contribution in [0.4, 0.5) is 0 Å².